The first-order chi connectivity index (χ1) is 9.48. The van der Waals surface area contributed by atoms with Crippen molar-refractivity contribution in [1.29, 1.82) is 0 Å². The molecular formula is C12H17N3O5. The number of nitrogens with zero attached hydrogens (tertiary/aromatic N) is 1. The number of amides is 5. The van der Waals surface area contributed by atoms with Gasteiger partial charge in [0.25, 0.3) is 5.91 Å². The Bertz CT molecular complexity index is 456. The van der Waals surface area contributed by atoms with Crippen LogP contribution in [0.15, 0.2) is 0 Å². The van der Waals surface area contributed by atoms with Gasteiger partial charge in [0.15, 0.2) is 0 Å². The van der Waals surface area contributed by atoms with Crippen LogP contribution in [-0.4, -0.2) is 47.5 Å². The Morgan fingerprint density at radius 2 is 2.00 bits per heavy atom. The molecule has 0 aromatic heterocycles. The first kappa shape index (κ1) is 14.3. The van der Waals surface area contributed by atoms with Crippen LogP contribution in [0.2, 0.25) is 0 Å². The van der Waals surface area contributed by atoms with Gasteiger partial charge >= 0.3 is 12.1 Å². The quantitative estimate of drug-likeness (QED) is 0.716. The highest BCUT2D eigenvalue weighted by Crippen LogP contribution is 2.34. The second-order valence-electron chi connectivity index (χ2n) is 4.88. The molecule has 5 amide bonds. The molecular weight excluding hydrogens is 266 g/mol. The van der Waals surface area contributed by atoms with E-state index in [1.165, 1.54) is 0 Å². The number of hydrogen-bond donors (Lipinski definition) is 2. The van der Waals surface area contributed by atoms with E-state index in [0.717, 1.165) is 17.7 Å². The van der Waals surface area contributed by atoms with Crippen LogP contribution < -0.4 is 10.6 Å². The number of nitrogens with one attached hydrogen (secondary N) is 2. The molecule has 0 unspecified atom stereocenters. The summed E-state index contributed by atoms with van der Waals surface area (Å²) in [7, 11) is 0. The third-order valence-corrected chi connectivity index (χ3v) is 3.52. The molecule has 1 saturated carbocycles. The smallest absolute Gasteiger partial charge is 0.413 e. The lowest BCUT2D eigenvalue weighted by molar-refractivity contribution is -0.134. The van der Waals surface area contributed by atoms with Gasteiger partial charge in [-0.25, -0.2) is 9.59 Å². The van der Waals surface area contributed by atoms with E-state index in [9.17, 15) is 19.2 Å². The van der Waals surface area contributed by atoms with Crippen LogP contribution in [0.1, 0.15) is 32.6 Å². The van der Waals surface area contributed by atoms with Crippen molar-refractivity contribution in [1.82, 2.24) is 15.5 Å². The lowest BCUT2D eigenvalue weighted by atomic mass is 9.98. The predicted molar refractivity (Wildman–Crippen MR) is 66.6 cm³/mol. The van der Waals surface area contributed by atoms with Gasteiger partial charge in [-0.2, -0.15) is 0 Å². The van der Waals surface area contributed by atoms with Gasteiger partial charge in [-0.1, -0.05) is 12.8 Å². The Hall–Kier alpha value is -2.12. The van der Waals surface area contributed by atoms with Crippen molar-refractivity contribution in [3.63, 3.8) is 0 Å². The number of rotatable bonds is 3. The highest BCUT2D eigenvalue weighted by Gasteiger charge is 2.52. The molecule has 1 aliphatic carbocycles. The molecule has 1 heterocycles. The zero-order valence-corrected chi connectivity index (χ0v) is 11.2. The molecule has 2 fully saturated rings. The van der Waals surface area contributed by atoms with E-state index < -0.39 is 30.1 Å². The molecule has 2 rings (SSSR count). The maximum absolute atomic E-state index is 12.2. The summed E-state index contributed by atoms with van der Waals surface area (Å²) < 4.78 is 4.55. The number of ether oxygens (including phenoxy) is 1. The Labute approximate surface area is 115 Å². The first-order valence-electron chi connectivity index (χ1n) is 6.59. The van der Waals surface area contributed by atoms with E-state index >= 15 is 0 Å². The number of carbonyl (C=O) groups is 4. The topological polar surface area (TPSA) is 105 Å². The summed E-state index contributed by atoms with van der Waals surface area (Å²) in [4.78, 5) is 47.5. The summed E-state index contributed by atoms with van der Waals surface area (Å²) in [5.74, 6) is -1.14. The average Bonchev–Trinajstić information content (AvgIpc) is 2.92. The van der Waals surface area contributed by atoms with Crippen LogP contribution in [0.3, 0.4) is 0 Å². The van der Waals surface area contributed by atoms with Crippen LogP contribution >= 0.6 is 0 Å². The van der Waals surface area contributed by atoms with Crippen molar-refractivity contribution >= 4 is 23.9 Å². The molecule has 1 aliphatic heterocycles. The second-order valence-corrected chi connectivity index (χ2v) is 4.88. The Morgan fingerprint density at radius 1 is 1.35 bits per heavy atom. The molecule has 8 heteroatoms. The van der Waals surface area contributed by atoms with Crippen molar-refractivity contribution in [3.8, 4) is 0 Å². The zero-order chi connectivity index (χ0) is 14.8. The SMILES string of the molecule is CCOC(=O)NC(=O)CN1C(=O)NC2(CCCC2)C1=O. The van der Waals surface area contributed by atoms with Crippen molar-refractivity contribution < 1.29 is 23.9 Å². The van der Waals surface area contributed by atoms with Crippen LogP contribution in [0.5, 0.6) is 0 Å². The zero-order valence-electron chi connectivity index (χ0n) is 11.2. The van der Waals surface area contributed by atoms with Crippen LogP contribution in [0, 0.1) is 0 Å². The molecule has 1 spiro atoms. The monoisotopic (exact) mass is 283 g/mol. The van der Waals surface area contributed by atoms with E-state index in [-0.39, 0.29) is 12.5 Å². The fourth-order valence-corrected chi connectivity index (χ4v) is 2.60. The number of carbonyl (C=O) groups excluding carboxylic acids is 4. The minimum atomic E-state index is -0.889. The van der Waals surface area contributed by atoms with Crippen LogP contribution in [0.25, 0.3) is 0 Å². The normalized spacial score (nSPS) is 20.1. The van der Waals surface area contributed by atoms with E-state index in [1.54, 1.807) is 6.92 Å². The molecule has 0 aromatic rings. The third kappa shape index (κ3) is 2.59. The minimum absolute atomic E-state index is 0.130. The van der Waals surface area contributed by atoms with Gasteiger partial charge in [0, 0.05) is 0 Å². The summed E-state index contributed by atoms with van der Waals surface area (Å²) in [6.45, 7) is 1.25. The molecule has 0 aromatic carbocycles. The lowest BCUT2D eigenvalue weighted by Crippen LogP contribution is -2.46. The van der Waals surface area contributed by atoms with E-state index in [1.807, 2.05) is 5.32 Å². The standard InChI is InChI=1S/C12H17N3O5/c1-2-20-11(19)13-8(16)7-15-9(17)12(14-10(15)18)5-3-4-6-12/h2-7H2,1H3,(H,14,18)(H,13,16,19). The largest absolute Gasteiger partial charge is 0.450 e. The summed E-state index contributed by atoms with van der Waals surface area (Å²) in [6.07, 6.45) is 2.03. The summed E-state index contributed by atoms with van der Waals surface area (Å²) in [6, 6.07) is -0.587. The van der Waals surface area contributed by atoms with Gasteiger partial charge in [0.2, 0.25) is 5.91 Å². The van der Waals surface area contributed by atoms with Gasteiger partial charge in [-0.3, -0.25) is 19.8 Å². The van der Waals surface area contributed by atoms with E-state index in [0.29, 0.717) is 12.8 Å². The van der Waals surface area contributed by atoms with Crippen molar-refractivity contribution in [2.75, 3.05) is 13.2 Å². The van der Waals surface area contributed by atoms with Crippen molar-refractivity contribution in [3.05, 3.63) is 0 Å². The number of imide groups is 2. The van der Waals surface area contributed by atoms with Gasteiger partial charge in [-0.15, -0.1) is 0 Å². The van der Waals surface area contributed by atoms with E-state index in [4.69, 9.17) is 0 Å². The minimum Gasteiger partial charge on any atom is -0.450 e. The molecule has 0 bridgehead atoms. The molecule has 2 N–H and O–H groups in total. The Kier molecular flexibility index (Phi) is 3.91. The maximum Gasteiger partial charge on any atom is 0.413 e. The molecule has 1 saturated heterocycles. The van der Waals surface area contributed by atoms with E-state index in [2.05, 4.69) is 10.1 Å². The van der Waals surface area contributed by atoms with Gasteiger partial charge < -0.3 is 10.1 Å². The van der Waals surface area contributed by atoms with Crippen LogP contribution in [0.4, 0.5) is 9.59 Å². The molecule has 0 radical (unpaired) electrons. The summed E-state index contributed by atoms with van der Waals surface area (Å²) in [5.41, 5.74) is -0.846. The van der Waals surface area contributed by atoms with Crippen molar-refractivity contribution in [2.24, 2.45) is 0 Å². The molecule has 0 atom stereocenters. The van der Waals surface area contributed by atoms with Gasteiger partial charge in [0.1, 0.15) is 12.1 Å². The Balaban J connectivity index is 1.96. The van der Waals surface area contributed by atoms with Gasteiger partial charge in [-0.05, 0) is 19.8 Å². The van der Waals surface area contributed by atoms with Gasteiger partial charge in [0.05, 0.1) is 6.61 Å². The fourth-order valence-electron chi connectivity index (χ4n) is 2.60. The number of alkyl carbamates (subject to hydrolysis) is 1. The molecule has 2 aliphatic rings. The summed E-state index contributed by atoms with van der Waals surface area (Å²) >= 11 is 0. The fraction of sp³-hybridized carbons (Fsp3) is 0.667. The first-order valence-corrected chi connectivity index (χ1v) is 6.59. The Morgan fingerprint density at radius 3 is 2.60 bits per heavy atom. The summed E-state index contributed by atoms with van der Waals surface area (Å²) in [5, 5.41) is 4.61. The molecule has 8 nitrogen and oxygen atoms in total. The predicted octanol–water partition coefficient (Wildman–Crippen LogP) is 0.124. The maximum atomic E-state index is 12.2. The second kappa shape index (κ2) is 5.48. The highest BCUT2D eigenvalue weighted by atomic mass is 16.5. The van der Waals surface area contributed by atoms with Crippen LogP contribution in [-0.2, 0) is 14.3 Å². The van der Waals surface area contributed by atoms with Crippen molar-refractivity contribution in [2.45, 2.75) is 38.1 Å². The molecule has 20 heavy (non-hydrogen) atoms. The highest BCUT2D eigenvalue weighted by molar-refractivity contribution is 6.09. The number of hydrogen-bond acceptors (Lipinski definition) is 5. The lowest BCUT2D eigenvalue weighted by Gasteiger charge is -2.19. The average molecular weight is 283 g/mol. The number of urea groups is 1. The third-order valence-electron chi connectivity index (χ3n) is 3.52. The molecule has 110 valence electrons.